The fraction of sp³-hybridized carbons (Fsp3) is 0.143. The van der Waals surface area contributed by atoms with Crippen LogP contribution in [0.2, 0.25) is 0 Å². The molecular formula is C7H6N4O2. The molecule has 6 nitrogen and oxygen atoms in total. The van der Waals surface area contributed by atoms with Gasteiger partial charge in [0.2, 0.25) is 0 Å². The van der Waals surface area contributed by atoms with Gasteiger partial charge in [0.25, 0.3) is 0 Å². The van der Waals surface area contributed by atoms with E-state index >= 15 is 0 Å². The number of nitrogens with one attached hydrogen (secondary N) is 1. The average Bonchev–Trinajstić information content (AvgIpc) is 2.46. The maximum absolute atomic E-state index is 10.5. The van der Waals surface area contributed by atoms with Gasteiger partial charge >= 0.3 is 5.82 Å². The Bertz CT molecular complexity index is 476. The summed E-state index contributed by atoms with van der Waals surface area (Å²) in [7, 11) is 0. The molecule has 0 bridgehead atoms. The molecule has 2 aromatic rings. The molecule has 13 heavy (non-hydrogen) atoms. The van der Waals surface area contributed by atoms with Crippen molar-refractivity contribution >= 4 is 16.7 Å². The largest absolute Gasteiger partial charge is 0.358 e. The molecule has 0 amide bonds. The molecule has 66 valence electrons. The van der Waals surface area contributed by atoms with Crippen molar-refractivity contribution < 1.29 is 4.92 Å². The summed E-state index contributed by atoms with van der Waals surface area (Å²) in [6, 6.07) is 1.64. The maximum atomic E-state index is 10.5. The van der Waals surface area contributed by atoms with Crippen LogP contribution in [0.15, 0.2) is 12.3 Å². The second-order valence-corrected chi connectivity index (χ2v) is 2.67. The summed E-state index contributed by atoms with van der Waals surface area (Å²) in [4.78, 5) is 14.0. The monoisotopic (exact) mass is 178 g/mol. The smallest absolute Gasteiger partial charge is 0.350 e. The molecule has 0 spiro atoms. The van der Waals surface area contributed by atoms with Crippen LogP contribution in [0.1, 0.15) is 5.69 Å². The molecular weight excluding hydrogens is 172 g/mol. The van der Waals surface area contributed by atoms with E-state index in [2.05, 4.69) is 15.2 Å². The van der Waals surface area contributed by atoms with E-state index in [1.165, 1.54) is 6.20 Å². The van der Waals surface area contributed by atoms with Gasteiger partial charge < -0.3 is 10.1 Å². The van der Waals surface area contributed by atoms with Crippen molar-refractivity contribution in [2.24, 2.45) is 0 Å². The number of aromatic amines is 1. The van der Waals surface area contributed by atoms with Gasteiger partial charge in [0.1, 0.15) is 10.9 Å². The molecule has 6 heteroatoms. The number of H-pyrrole nitrogens is 1. The van der Waals surface area contributed by atoms with Crippen LogP contribution in [0.4, 0.5) is 5.82 Å². The molecule has 0 aromatic carbocycles. The Balaban J connectivity index is 2.79. The van der Waals surface area contributed by atoms with E-state index in [-0.39, 0.29) is 5.82 Å². The number of fused-ring (bicyclic) bond motifs is 1. The first-order chi connectivity index (χ1) is 6.18. The van der Waals surface area contributed by atoms with E-state index in [9.17, 15) is 10.1 Å². The van der Waals surface area contributed by atoms with Crippen molar-refractivity contribution in [2.45, 2.75) is 6.92 Å². The Morgan fingerprint density at radius 1 is 1.62 bits per heavy atom. The molecule has 0 aliphatic rings. The highest BCUT2D eigenvalue weighted by Gasteiger charge is 2.14. The molecule has 0 aliphatic carbocycles. The van der Waals surface area contributed by atoms with Crippen molar-refractivity contribution in [3.8, 4) is 0 Å². The lowest BCUT2D eigenvalue weighted by Gasteiger charge is -1.91. The molecule has 2 aromatic heterocycles. The number of hydrogen-bond acceptors (Lipinski definition) is 4. The Morgan fingerprint density at radius 2 is 2.38 bits per heavy atom. The van der Waals surface area contributed by atoms with E-state index in [0.717, 1.165) is 5.69 Å². The molecule has 0 saturated heterocycles. The predicted molar refractivity (Wildman–Crippen MR) is 45.3 cm³/mol. The SMILES string of the molecule is Cc1cc2c([N+](=O)[O-])[nH]nc2cn1. The fourth-order valence-electron chi connectivity index (χ4n) is 1.14. The maximum Gasteiger partial charge on any atom is 0.350 e. The van der Waals surface area contributed by atoms with Crippen molar-refractivity contribution in [1.82, 2.24) is 15.2 Å². The van der Waals surface area contributed by atoms with E-state index in [4.69, 9.17) is 0 Å². The van der Waals surface area contributed by atoms with E-state index in [1.807, 2.05) is 0 Å². The minimum absolute atomic E-state index is 0.0829. The van der Waals surface area contributed by atoms with E-state index < -0.39 is 4.92 Å². The first-order valence-electron chi connectivity index (χ1n) is 3.63. The van der Waals surface area contributed by atoms with Crippen LogP contribution in [0, 0.1) is 17.0 Å². The van der Waals surface area contributed by atoms with Crippen LogP contribution in [-0.2, 0) is 0 Å². The lowest BCUT2D eigenvalue weighted by molar-refractivity contribution is -0.387. The second-order valence-electron chi connectivity index (χ2n) is 2.67. The molecule has 1 N–H and O–H groups in total. The van der Waals surface area contributed by atoms with Crippen molar-refractivity contribution in [3.05, 3.63) is 28.1 Å². The van der Waals surface area contributed by atoms with Crippen molar-refractivity contribution in [2.75, 3.05) is 0 Å². The molecule has 2 rings (SSSR count). The molecule has 0 saturated carbocycles. The number of pyridine rings is 1. The van der Waals surface area contributed by atoms with Gasteiger partial charge in [-0.2, -0.15) is 0 Å². The summed E-state index contributed by atoms with van der Waals surface area (Å²) in [5, 5.41) is 17.1. The predicted octanol–water partition coefficient (Wildman–Crippen LogP) is 1.17. The van der Waals surface area contributed by atoms with Gasteiger partial charge in [-0.25, -0.2) is 0 Å². The second kappa shape index (κ2) is 2.51. The molecule has 0 radical (unpaired) electrons. The Labute approximate surface area is 72.7 Å². The third-order valence-electron chi connectivity index (χ3n) is 1.74. The zero-order valence-electron chi connectivity index (χ0n) is 6.81. The minimum Gasteiger partial charge on any atom is -0.358 e. The van der Waals surface area contributed by atoms with Gasteiger partial charge in [0.05, 0.1) is 6.20 Å². The van der Waals surface area contributed by atoms with Gasteiger partial charge in [0, 0.05) is 5.69 Å². The van der Waals surface area contributed by atoms with Crippen LogP contribution >= 0.6 is 0 Å². The van der Waals surface area contributed by atoms with E-state index in [0.29, 0.717) is 10.9 Å². The molecule has 2 heterocycles. The fourth-order valence-corrected chi connectivity index (χ4v) is 1.14. The van der Waals surface area contributed by atoms with Gasteiger partial charge in [-0.1, -0.05) is 5.10 Å². The van der Waals surface area contributed by atoms with Gasteiger partial charge in [0.15, 0.2) is 0 Å². The number of aryl methyl sites for hydroxylation is 1. The molecule has 0 atom stereocenters. The van der Waals surface area contributed by atoms with Gasteiger partial charge in [-0.15, -0.1) is 5.10 Å². The average molecular weight is 178 g/mol. The molecule has 0 fully saturated rings. The number of rotatable bonds is 1. The Morgan fingerprint density at radius 3 is 3.08 bits per heavy atom. The van der Waals surface area contributed by atoms with Crippen molar-refractivity contribution in [3.63, 3.8) is 0 Å². The first-order valence-corrected chi connectivity index (χ1v) is 3.63. The number of nitrogens with zero attached hydrogens (tertiary/aromatic N) is 3. The zero-order valence-corrected chi connectivity index (χ0v) is 6.81. The standard InChI is InChI=1S/C7H6N4O2/c1-4-2-5-6(3-8-4)9-10-7(5)11(12)13/h2-3H,1H3,(H,9,10). The highest BCUT2D eigenvalue weighted by Crippen LogP contribution is 2.21. The third-order valence-corrected chi connectivity index (χ3v) is 1.74. The summed E-state index contributed by atoms with van der Waals surface area (Å²) in [6.07, 6.45) is 1.51. The van der Waals surface area contributed by atoms with Crippen LogP contribution in [0.5, 0.6) is 0 Å². The minimum atomic E-state index is -0.491. The topological polar surface area (TPSA) is 84.7 Å². The highest BCUT2D eigenvalue weighted by atomic mass is 16.6. The number of aromatic nitrogens is 3. The lowest BCUT2D eigenvalue weighted by atomic mass is 10.3. The normalized spacial score (nSPS) is 10.5. The summed E-state index contributed by atoms with van der Waals surface area (Å²) >= 11 is 0. The summed E-state index contributed by atoms with van der Waals surface area (Å²) in [5.41, 5.74) is 1.24. The number of nitro groups is 1. The Hall–Kier alpha value is -1.98. The van der Waals surface area contributed by atoms with Gasteiger partial charge in [-0.05, 0) is 17.9 Å². The molecule has 0 aliphatic heterocycles. The van der Waals surface area contributed by atoms with Crippen LogP contribution in [0.25, 0.3) is 10.9 Å². The van der Waals surface area contributed by atoms with Crippen LogP contribution in [-0.4, -0.2) is 20.1 Å². The summed E-state index contributed by atoms with van der Waals surface area (Å²) in [6.45, 7) is 1.77. The Kier molecular flexibility index (Phi) is 1.48. The quantitative estimate of drug-likeness (QED) is 0.524. The summed E-state index contributed by atoms with van der Waals surface area (Å²) in [5.74, 6) is -0.0829. The third kappa shape index (κ3) is 1.12. The van der Waals surface area contributed by atoms with Crippen molar-refractivity contribution in [1.29, 1.82) is 0 Å². The first kappa shape index (κ1) is 7.66. The van der Waals surface area contributed by atoms with E-state index in [1.54, 1.807) is 13.0 Å². The lowest BCUT2D eigenvalue weighted by Crippen LogP contribution is -1.88. The summed E-state index contributed by atoms with van der Waals surface area (Å²) < 4.78 is 0. The van der Waals surface area contributed by atoms with Gasteiger partial charge in [-0.3, -0.25) is 4.98 Å². The highest BCUT2D eigenvalue weighted by molar-refractivity contribution is 5.85. The zero-order chi connectivity index (χ0) is 9.42. The number of hydrogen-bond donors (Lipinski definition) is 1. The van der Waals surface area contributed by atoms with Crippen LogP contribution in [0.3, 0.4) is 0 Å². The molecule has 0 unspecified atom stereocenters. The van der Waals surface area contributed by atoms with Crippen LogP contribution < -0.4 is 0 Å².